The van der Waals surface area contributed by atoms with Gasteiger partial charge in [-0.2, -0.15) is 24.7 Å². The zero-order valence-corrected chi connectivity index (χ0v) is 37.6. The highest BCUT2D eigenvalue weighted by Gasteiger charge is 2.28. The lowest BCUT2D eigenvalue weighted by Gasteiger charge is -2.34. The molecule has 0 aliphatic carbocycles. The number of hydrogen-bond donors (Lipinski definition) is 0. The van der Waals surface area contributed by atoms with E-state index in [9.17, 15) is 4.79 Å². The Kier molecular flexibility index (Phi) is 12.5. The summed E-state index contributed by atoms with van der Waals surface area (Å²) in [6.07, 6.45) is 5.23. The van der Waals surface area contributed by atoms with E-state index in [0.717, 1.165) is 50.6 Å². The van der Waals surface area contributed by atoms with Crippen LogP contribution in [0.4, 0.5) is 16.7 Å². The van der Waals surface area contributed by atoms with Crippen molar-refractivity contribution in [1.82, 2.24) is 38.8 Å². The fraction of sp³-hybridized carbons (Fsp3) is 0.341. The van der Waals surface area contributed by atoms with Crippen molar-refractivity contribution in [2.75, 3.05) is 49.7 Å². The molecule has 4 aromatic heterocycles. The molecular weight excluding hydrogens is 832 g/mol. The Bertz CT molecular complexity index is 2620. The third-order valence-corrected chi connectivity index (χ3v) is 13.2. The molecule has 5 heterocycles. The molecule has 0 spiro atoms. The number of piperazine rings is 1. The van der Waals surface area contributed by atoms with Gasteiger partial charge in [-0.3, -0.25) is 4.68 Å². The average molecular weight is 882 g/mol. The molecule has 1 fully saturated rings. The molecule has 0 atom stereocenters. The molecule has 17 heteroatoms. The lowest BCUT2D eigenvalue weighted by Crippen LogP contribution is -2.49. The number of methoxy groups -OCH3 is 1. The summed E-state index contributed by atoms with van der Waals surface area (Å²) in [6.45, 7) is 11.1. The Hall–Kier alpha value is -5.61. The fourth-order valence-corrected chi connectivity index (χ4v) is 8.42. The number of benzene rings is 3. The minimum absolute atomic E-state index is 0.217. The first-order valence-corrected chi connectivity index (χ1v) is 24.8. The number of nitrogens with zero attached hydrogens (tertiary/aromatic N) is 10. The first-order chi connectivity index (χ1) is 29.4. The number of amides is 1. The van der Waals surface area contributed by atoms with Crippen LogP contribution in [-0.4, -0.2) is 92.9 Å². The van der Waals surface area contributed by atoms with Gasteiger partial charge in [-0.15, -0.1) is 0 Å². The Morgan fingerprint density at radius 1 is 0.869 bits per heavy atom. The van der Waals surface area contributed by atoms with Crippen molar-refractivity contribution in [1.29, 1.82) is 0 Å². The minimum Gasteiger partial charge on any atom is -0.497 e. The first-order valence-electron chi connectivity index (χ1n) is 20.3. The summed E-state index contributed by atoms with van der Waals surface area (Å²) in [5, 5.41) is 11.3. The third-order valence-electron chi connectivity index (χ3n) is 10.8. The van der Waals surface area contributed by atoms with E-state index in [0.29, 0.717) is 80.2 Å². The lowest BCUT2D eigenvalue weighted by molar-refractivity contribution is 0.0884. The van der Waals surface area contributed by atoms with E-state index in [-0.39, 0.29) is 12.7 Å². The highest BCUT2D eigenvalue weighted by Crippen LogP contribution is 2.33. The second kappa shape index (κ2) is 18.2. The van der Waals surface area contributed by atoms with Crippen LogP contribution < -0.4 is 14.5 Å². The molecule has 1 saturated heterocycles. The maximum Gasteiger partial charge on any atom is 0.410 e. The summed E-state index contributed by atoms with van der Waals surface area (Å²) in [7, 11) is 2.22. The molecule has 0 bridgehead atoms. The van der Waals surface area contributed by atoms with Gasteiger partial charge in [0.05, 0.1) is 41.6 Å². The second-order valence-electron chi connectivity index (χ2n) is 16.5. The van der Waals surface area contributed by atoms with Crippen molar-refractivity contribution in [2.45, 2.75) is 52.1 Å². The standard InChI is InChI=1S/C44H50Cl2N10O4Si/c1-51-27-34(24-47-51)37-25-48-56-41(37)49-42(52-15-17-53(18-16-52)44(57)60-29-32-9-7-6-8-10-32)50-43(56)54(26-31-11-13-36(58-2)14-12-31)28-35-21-33-22-38(45)39(46)23-40(33)55(35)30-59-19-20-61(3,4)5/h6-14,21-25,27H,15-20,26,28-30H2,1-5H3. The van der Waals surface area contributed by atoms with E-state index in [1.807, 2.05) is 80.2 Å². The monoisotopic (exact) mass is 880 g/mol. The molecule has 1 amide bonds. The van der Waals surface area contributed by atoms with E-state index in [2.05, 4.69) is 57.3 Å². The van der Waals surface area contributed by atoms with Crippen LogP contribution in [-0.2, 0) is 42.9 Å². The van der Waals surface area contributed by atoms with Gasteiger partial charge in [0.1, 0.15) is 19.1 Å². The van der Waals surface area contributed by atoms with Crippen LogP contribution in [0.3, 0.4) is 0 Å². The van der Waals surface area contributed by atoms with Gasteiger partial charge in [0.15, 0.2) is 5.65 Å². The van der Waals surface area contributed by atoms with E-state index < -0.39 is 8.07 Å². The van der Waals surface area contributed by atoms with Gasteiger partial charge in [-0.1, -0.05) is 85.3 Å². The minimum atomic E-state index is -1.33. The van der Waals surface area contributed by atoms with E-state index >= 15 is 0 Å². The molecule has 61 heavy (non-hydrogen) atoms. The summed E-state index contributed by atoms with van der Waals surface area (Å²) in [5.41, 5.74) is 6.21. The average Bonchev–Trinajstić information content (AvgIpc) is 3.98. The maximum absolute atomic E-state index is 13.1. The van der Waals surface area contributed by atoms with Gasteiger partial charge in [0.2, 0.25) is 11.9 Å². The number of carbonyl (C=O) groups is 1. The number of aryl methyl sites for hydroxylation is 1. The Morgan fingerprint density at radius 2 is 1.62 bits per heavy atom. The number of anilines is 2. The van der Waals surface area contributed by atoms with E-state index in [1.54, 1.807) is 21.2 Å². The highest BCUT2D eigenvalue weighted by molar-refractivity contribution is 6.76. The Labute approximate surface area is 366 Å². The summed E-state index contributed by atoms with van der Waals surface area (Å²) >= 11 is 13.2. The predicted molar refractivity (Wildman–Crippen MR) is 242 cm³/mol. The Morgan fingerprint density at radius 3 is 2.33 bits per heavy atom. The molecule has 14 nitrogen and oxygen atoms in total. The number of hydrogen-bond acceptors (Lipinski definition) is 10. The fourth-order valence-electron chi connectivity index (χ4n) is 7.34. The molecule has 3 aromatic carbocycles. The van der Waals surface area contributed by atoms with Crippen LogP contribution in [0, 0.1) is 0 Å². The van der Waals surface area contributed by atoms with Crippen molar-refractivity contribution in [3.8, 4) is 16.9 Å². The molecule has 0 N–H and O–H groups in total. The maximum atomic E-state index is 13.1. The molecular formula is C44H50Cl2N10O4Si. The number of rotatable bonds is 15. The lowest BCUT2D eigenvalue weighted by atomic mass is 10.2. The van der Waals surface area contributed by atoms with E-state index in [1.165, 1.54) is 0 Å². The van der Waals surface area contributed by atoms with Crippen LogP contribution >= 0.6 is 23.2 Å². The van der Waals surface area contributed by atoms with Gasteiger partial charge in [-0.05, 0) is 47.5 Å². The van der Waals surface area contributed by atoms with Crippen LogP contribution in [0.15, 0.2) is 91.4 Å². The molecule has 8 rings (SSSR count). The highest BCUT2D eigenvalue weighted by atomic mass is 35.5. The number of aromatic nitrogens is 7. The van der Waals surface area contributed by atoms with Gasteiger partial charge < -0.3 is 33.5 Å². The number of fused-ring (bicyclic) bond motifs is 2. The van der Waals surface area contributed by atoms with Crippen LogP contribution in [0.5, 0.6) is 5.75 Å². The number of halogens is 2. The van der Waals surface area contributed by atoms with Crippen LogP contribution in [0.2, 0.25) is 35.7 Å². The van der Waals surface area contributed by atoms with Crippen molar-refractivity contribution >= 4 is 65.8 Å². The zero-order valence-electron chi connectivity index (χ0n) is 35.1. The molecule has 1 aliphatic rings. The molecule has 0 saturated carbocycles. The quantitative estimate of drug-likeness (QED) is 0.0731. The molecule has 1 aliphatic heterocycles. The molecule has 318 valence electrons. The largest absolute Gasteiger partial charge is 0.497 e. The Balaban J connectivity index is 1.18. The molecule has 7 aromatic rings. The third kappa shape index (κ3) is 9.80. The summed E-state index contributed by atoms with van der Waals surface area (Å²) in [5.74, 6) is 1.88. The van der Waals surface area contributed by atoms with Crippen molar-refractivity contribution < 1.29 is 19.0 Å². The zero-order chi connectivity index (χ0) is 42.7. The summed E-state index contributed by atoms with van der Waals surface area (Å²) in [6, 6.07) is 24.7. The summed E-state index contributed by atoms with van der Waals surface area (Å²) < 4.78 is 23.3. The normalized spacial score (nSPS) is 13.4. The number of carbonyl (C=O) groups excluding carboxylic acids is 1. The van der Waals surface area contributed by atoms with Gasteiger partial charge in [0, 0.05) is 82.9 Å². The van der Waals surface area contributed by atoms with Crippen LogP contribution in [0.25, 0.3) is 27.7 Å². The van der Waals surface area contributed by atoms with Crippen LogP contribution in [0.1, 0.15) is 16.8 Å². The molecule has 0 unspecified atom stereocenters. The molecule has 0 radical (unpaired) electrons. The second-order valence-corrected chi connectivity index (χ2v) is 22.9. The van der Waals surface area contributed by atoms with Gasteiger partial charge >= 0.3 is 6.09 Å². The smallest absolute Gasteiger partial charge is 0.410 e. The predicted octanol–water partition coefficient (Wildman–Crippen LogP) is 8.77. The van der Waals surface area contributed by atoms with E-state index in [4.69, 9.17) is 52.5 Å². The summed E-state index contributed by atoms with van der Waals surface area (Å²) in [4.78, 5) is 29.7. The first kappa shape index (κ1) is 42.1. The van der Waals surface area contributed by atoms with Crippen molar-refractivity contribution in [2.24, 2.45) is 7.05 Å². The van der Waals surface area contributed by atoms with Crippen molar-refractivity contribution in [3.63, 3.8) is 0 Å². The van der Waals surface area contributed by atoms with Gasteiger partial charge in [0.25, 0.3) is 0 Å². The number of ether oxygens (including phenoxy) is 3. The van der Waals surface area contributed by atoms with Crippen molar-refractivity contribution in [3.05, 3.63) is 118 Å². The van der Waals surface area contributed by atoms with Gasteiger partial charge in [-0.25, -0.2) is 4.79 Å². The topological polar surface area (TPSA) is 120 Å². The SMILES string of the molecule is COc1ccc(CN(Cc2cc3cc(Cl)c(Cl)cc3n2COCC[Si](C)(C)C)c2nc(N3CCN(C(=O)OCc4ccccc4)CC3)nc3c(-c4cnn(C)c4)cnn23)cc1.